The van der Waals surface area contributed by atoms with Gasteiger partial charge in [0, 0.05) is 0 Å². The Labute approximate surface area is 174 Å². The van der Waals surface area contributed by atoms with Crippen LogP contribution in [-0.4, -0.2) is 6.88 Å². The van der Waals surface area contributed by atoms with Gasteiger partial charge in [0.05, 0.1) is 0 Å². The van der Waals surface area contributed by atoms with Gasteiger partial charge in [0.25, 0.3) is 0 Å². The number of benzene rings is 2. The molecule has 2 aliphatic rings. The van der Waals surface area contributed by atoms with Crippen molar-refractivity contribution in [3.63, 3.8) is 0 Å². The number of hydrogen-bond acceptors (Lipinski definition) is 0. The quantitative estimate of drug-likeness (QED) is 0.504. The molecule has 2 aromatic carbocycles. The molecule has 2 aliphatic carbocycles. The fourth-order valence-electron chi connectivity index (χ4n) is 4.12. The van der Waals surface area contributed by atoms with Gasteiger partial charge in [-0.3, -0.25) is 0 Å². The summed E-state index contributed by atoms with van der Waals surface area (Å²) >= 11 is 1.58. The van der Waals surface area contributed by atoms with E-state index in [1.54, 1.807) is 23.3 Å². The maximum absolute atomic E-state index is 2.40. The summed E-state index contributed by atoms with van der Waals surface area (Å²) in [6, 6.07) is 17.6. The van der Waals surface area contributed by atoms with Crippen LogP contribution in [0.2, 0.25) is 0 Å². The molecule has 0 radical (unpaired) electrons. The molecule has 126 valence electrons. The first-order valence-corrected chi connectivity index (χ1v) is 14.4. The van der Waals surface area contributed by atoms with E-state index in [0.717, 1.165) is 0 Å². The first kappa shape index (κ1) is 20.6. The zero-order chi connectivity index (χ0) is 17.1. The van der Waals surface area contributed by atoms with E-state index in [0.29, 0.717) is 17.8 Å². The Morgan fingerprint density at radius 1 is 0.800 bits per heavy atom. The van der Waals surface area contributed by atoms with Crippen molar-refractivity contribution in [2.75, 3.05) is 0 Å². The molecule has 0 spiro atoms. The van der Waals surface area contributed by atoms with Gasteiger partial charge in [-0.15, -0.1) is 5.92 Å². The van der Waals surface area contributed by atoms with Crippen molar-refractivity contribution in [3.05, 3.63) is 88.9 Å². The normalized spacial score (nSPS) is 20.4. The van der Waals surface area contributed by atoms with Crippen LogP contribution in [0.15, 0.2) is 60.7 Å². The summed E-state index contributed by atoms with van der Waals surface area (Å²) in [6.45, 7) is 6.52. The zero-order valence-corrected chi connectivity index (χ0v) is 19.4. The van der Waals surface area contributed by atoms with Crippen LogP contribution >= 0.6 is 0 Å². The summed E-state index contributed by atoms with van der Waals surface area (Å²) in [5.41, 5.74) is 5.72. The minimum absolute atomic E-state index is 0. The molecule has 0 amide bonds. The molecule has 0 heterocycles. The fourth-order valence-corrected chi connectivity index (χ4v) is 4.12. The third-order valence-electron chi connectivity index (χ3n) is 5.12. The van der Waals surface area contributed by atoms with Gasteiger partial charge < -0.3 is 18.3 Å². The van der Waals surface area contributed by atoms with Crippen molar-refractivity contribution in [3.8, 4) is 0 Å². The number of halogens is 1. The van der Waals surface area contributed by atoms with E-state index < -0.39 is 0 Å². The second kappa shape index (κ2) is 9.31. The molecule has 0 bridgehead atoms. The summed E-state index contributed by atoms with van der Waals surface area (Å²) < 4.78 is 0. The predicted octanol–water partition coefficient (Wildman–Crippen LogP) is 1.92. The Kier molecular flexibility index (Phi) is 7.68. The second-order valence-corrected chi connectivity index (χ2v) is 6.63. The minimum atomic E-state index is 0. The van der Waals surface area contributed by atoms with E-state index in [1.165, 1.54) is 28.2 Å². The number of fused-ring (bicyclic) bond motifs is 2. The van der Waals surface area contributed by atoms with Crippen LogP contribution in [0, 0.1) is 11.8 Å². The molecule has 0 aliphatic heterocycles. The fraction of sp³-hybridized carbons (Fsp3) is 0.227. The van der Waals surface area contributed by atoms with Gasteiger partial charge in [0.2, 0.25) is 0 Å². The average Bonchev–Trinajstić information content (AvgIpc) is 3.22. The van der Waals surface area contributed by atoms with Gasteiger partial charge in [0.1, 0.15) is 0 Å². The van der Waals surface area contributed by atoms with Crippen molar-refractivity contribution in [1.29, 1.82) is 0 Å². The SMILES string of the molecule is C[C-](C)C(C1C=Cc2ccccc21)C1C=Cc2ccccc21.[Cl-].[SiH2]=[Zr+2]. The molecule has 4 rings (SSSR count). The first-order chi connectivity index (χ1) is 11.8. The molecule has 0 N–H and O–H groups in total. The van der Waals surface area contributed by atoms with Crippen molar-refractivity contribution in [2.24, 2.45) is 5.92 Å². The molecular formula is C22H23ClSiZr. The average molecular weight is 442 g/mol. The van der Waals surface area contributed by atoms with Crippen LogP contribution in [0.3, 0.4) is 0 Å². The second-order valence-electron chi connectivity index (χ2n) is 6.63. The number of hydrogen-bond donors (Lipinski definition) is 0. The monoisotopic (exact) mass is 440 g/mol. The Bertz CT molecular complexity index is 720. The van der Waals surface area contributed by atoms with Gasteiger partial charge in [-0.25, -0.2) is 0 Å². The molecule has 0 fully saturated rings. The van der Waals surface area contributed by atoms with Crippen molar-refractivity contribution >= 4 is 19.0 Å². The molecule has 3 heteroatoms. The van der Waals surface area contributed by atoms with E-state index in [4.69, 9.17) is 0 Å². The van der Waals surface area contributed by atoms with E-state index in [9.17, 15) is 0 Å². The van der Waals surface area contributed by atoms with Gasteiger partial charge in [-0.2, -0.15) is 13.8 Å². The van der Waals surface area contributed by atoms with Gasteiger partial charge >= 0.3 is 30.2 Å². The van der Waals surface area contributed by atoms with Crippen LogP contribution in [-0.2, 0) is 23.3 Å². The van der Waals surface area contributed by atoms with E-state index >= 15 is 0 Å². The standard InChI is InChI=1S/C22H21.ClH.H2Si.Zr/c1-15(2)22(20-13-11-16-7-3-5-9-18(16)20)21-14-12-17-8-4-6-10-19(17)21;;;/h3-14,20-22H,1-2H3;1H;1H2;/q-1;;;+2/p-1. The first-order valence-electron chi connectivity index (χ1n) is 8.45. The van der Waals surface area contributed by atoms with Crippen molar-refractivity contribution in [1.82, 2.24) is 0 Å². The Morgan fingerprint density at radius 2 is 1.20 bits per heavy atom. The third-order valence-corrected chi connectivity index (χ3v) is 5.12. The van der Waals surface area contributed by atoms with Crippen LogP contribution in [0.1, 0.15) is 47.9 Å². The molecular weight excluding hydrogens is 419 g/mol. The molecule has 2 unspecified atom stereocenters. The summed E-state index contributed by atoms with van der Waals surface area (Å²) in [6.07, 6.45) is 9.38. The third kappa shape index (κ3) is 4.02. The zero-order valence-electron chi connectivity index (χ0n) is 14.7. The summed E-state index contributed by atoms with van der Waals surface area (Å²) in [4.78, 5) is 0. The van der Waals surface area contributed by atoms with Crippen molar-refractivity contribution in [2.45, 2.75) is 25.7 Å². The van der Waals surface area contributed by atoms with E-state index in [-0.39, 0.29) is 12.4 Å². The van der Waals surface area contributed by atoms with Crippen LogP contribution in [0.4, 0.5) is 0 Å². The number of rotatable bonds is 3. The molecule has 2 atom stereocenters. The summed E-state index contributed by atoms with van der Waals surface area (Å²) in [5, 5.41) is 0. The Hall–Kier alpha value is -0.690. The molecule has 25 heavy (non-hydrogen) atoms. The van der Waals surface area contributed by atoms with Crippen molar-refractivity contribution < 1.29 is 35.7 Å². The predicted molar refractivity (Wildman–Crippen MR) is 103 cm³/mol. The van der Waals surface area contributed by atoms with Crippen LogP contribution < -0.4 is 12.4 Å². The molecule has 0 saturated heterocycles. The summed E-state index contributed by atoms with van der Waals surface area (Å²) in [5.74, 6) is 3.02. The van der Waals surface area contributed by atoms with Crippen LogP contribution in [0.25, 0.3) is 12.2 Å². The van der Waals surface area contributed by atoms with Crippen LogP contribution in [0.5, 0.6) is 0 Å². The van der Waals surface area contributed by atoms with E-state index in [1.807, 2.05) is 6.88 Å². The van der Waals surface area contributed by atoms with Gasteiger partial charge in [-0.1, -0.05) is 72.8 Å². The molecule has 0 aromatic heterocycles. The van der Waals surface area contributed by atoms with Gasteiger partial charge in [0.15, 0.2) is 0 Å². The Balaban J connectivity index is 0.000000726. The van der Waals surface area contributed by atoms with Gasteiger partial charge in [-0.05, 0) is 34.1 Å². The topological polar surface area (TPSA) is 0 Å². The van der Waals surface area contributed by atoms with E-state index in [2.05, 4.69) is 86.7 Å². The Morgan fingerprint density at radius 3 is 1.60 bits per heavy atom. The maximum atomic E-state index is 2.40. The number of allylic oxidation sites excluding steroid dienone is 2. The molecule has 2 aromatic rings. The molecule has 0 nitrogen and oxygen atoms in total. The summed E-state index contributed by atoms with van der Waals surface area (Å²) in [7, 11) is 0. The molecule has 0 saturated carbocycles.